The molecule has 1 aromatic rings. The van der Waals surface area contributed by atoms with Crippen molar-refractivity contribution in [1.29, 1.82) is 0 Å². The van der Waals surface area contributed by atoms with E-state index in [1.54, 1.807) is 7.11 Å². The molecule has 0 spiro atoms. The molecule has 0 aromatic heterocycles. The van der Waals surface area contributed by atoms with Crippen molar-refractivity contribution in [2.75, 3.05) is 13.7 Å². The summed E-state index contributed by atoms with van der Waals surface area (Å²) in [4.78, 5) is 11.9. The summed E-state index contributed by atoms with van der Waals surface area (Å²) in [6.45, 7) is 3.12. The molecule has 2 N–H and O–H groups in total. The second-order valence-electron chi connectivity index (χ2n) is 5.85. The third-order valence-corrected chi connectivity index (χ3v) is 4.03. The molecular formula is C17H27ClN2O2. The highest BCUT2D eigenvalue weighted by Crippen LogP contribution is 2.13. The number of ether oxygens (including phenoxy) is 1. The van der Waals surface area contributed by atoms with E-state index < -0.39 is 0 Å². The molecule has 1 heterocycles. The van der Waals surface area contributed by atoms with Gasteiger partial charge in [0, 0.05) is 18.5 Å². The first-order valence-electron chi connectivity index (χ1n) is 7.83. The number of benzene rings is 1. The zero-order chi connectivity index (χ0) is 15.1. The van der Waals surface area contributed by atoms with Gasteiger partial charge in [0.05, 0.1) is 7.11 Å². The number of amides is 1. The van der Waals surface area contributed by atoms with Gasteiger partial charge in [0.15, 0.2) is 0 Å². The lowest BCUT2D eigenvalue weighted by molar-refractivity contribution is -0.122. The monoisotopic (exact) mass is 326 g/mol. The summed E-state index contributed by atoms with van der Waals surface area (Å²) in [5.41, 5.74) is 1.27. The van der Waals surface area contributed by atoms with Gasteiger partial charge in [-0.25, -0.2) is 0 Å². The smallest absolute Gasteiger partial charge is 0.221 e. The minimum absolute atomic E-state index is 0. The number of carbonyl (C=O) groups excluding carboxylic acids is 1. The van der Waals surface area contributed by atoms with Crippen molar-refractivity contribution in [2.45, 2.75) is 51.1 Å². The first kappa shape index (κ1) is 18.8. The van der Waals surface area contributed by atoms with Crippen LogP contribution in [0.4, 0.5) is 0 Å². The number of halogens is 1. The van der Waals surface area contributed by atoms with Crippen LogP contribution in [-0.2, 0) is 11.2 Å². The standard InChI is InChI=1S/C17H26N2O2.ClH/c1-13(19-17(20)12-15-4-3-11-18-15)5-6-14-7-9-16(21-2)10-8-14;/h7-10,13,15,18H,3-6,11-12H2,1-2H3,(H,19,20);1H. The van der Waals surface area contributed by atoms with Crippen LogP contribution in [0, 0.1) is 0 Å². The minimum atomic E-state index is 0. The third kappa shape index (κ3) is 6.24. The molecule has 2 atom stereocenters. The van der Waals surface area contributed by atoms with Crippen molar-refractivity contribution in [2.24, 2.45) is 0 Å². The molecule has 1 aliphatic rings. The van der Waals surface area contributed by atoms with Gasteiger partial charge in [-0.1, -0.05) is 12.1 Å². The van der Waals surface area contributed by atoms with E-state index in [9.17, 15) is 4.79 Å². The van der Waals surface area contributed by atoms with E-state index in [4.69, 9.17) is 4.74 Å². The molecule has 0 saturated carbocycles. The summed E-state index contributed by atoms with van der Waals surface area (Å²) in [5, 5.41) is 6.45. The van der Waals surface area contributed by atoms with Crippen LogP contribution < -0.4 is 15.4 Å². The number of carbonyl (C=O) groups is 1. The Morgan fingerprint density at radius 1 is 1.41 bits per heavy atom. The maximum atomic E-state index is 11.9. The van der Waals surface area contributed by atoms with Gasteiger partial charge in [0.2, 0.25) is 5.91 Å². The van der Waals surface area contributed by atoms with Gasteiger partial charge >= 0.3 is 0 Å². The molecule has 1 aromatic carbocycles. The van der Waals surface area contributed by atoms with Crippen LogP contribution in [0.15, 0.2) is 24.3 Å². The molecule has 2 unspecified atom stereocenters. The maximum Gasteiger partial charge on any atom is 0.221 e. The van der Waals surface area contributed by atoms with Gasteiger partial charge in [-0.15, -0.1) is 12.4 Å². The van der Waals surface area contributed by atoms with E-state index in [0.29, 0.717) is 12.5 Å². The Morgan fingerprint density at radius 2 is 2.14 bits per heavy atom. The Kier molecular flexibility index (Phi) is 8.28. The van der Waals surface area contributed by atoms with Gasteiger partial charge in [-0.05, 0) is 56.8 Å². The van der Waals surface area contributed by atoms with Crippen LogP contribution >= 0.6 is 12.4 Å². The van der Waals surface area contributed by atoms with Gasteiger partial charge in [-0.3, -0.25) is 4.79 Å². The van der Waals surface area contributed by atoms with Crippen molar-refractivity contribution < 1.29 is 9.53 Å². The average Bonchev–Trinajstić information content (AvgIpc) is 2.98. The van der Waals surface area contributed by atoms with Crippen molar-refractivity contribution in [3.05, 3.63) is 29.8 Å². The predicted octanol–water partition coefficient (Wildman–Crippen LogP) is 2.70. The number of hydrogen-bond acceptors (Lipinski definition) is 3. The fourth-order valence-electron chi connectivity index (χ4n) is 2.74. The second kappa shape index (κ2) is 9.70. The Labute approximate surface area is 139 Å². The SMILES string of the molecule is COc1ccc(CCC(C)NC(=O)CC2CCCN2)cc1.Cl. The van der Waals surface area contributed by atoms with Gasteiger partial charge in [-0.2, -0.15) is 0 Å². The van der Waals surface area contributed by atoms with Gasteiger partial charge in [0.1, 0.15) is 5.75 Å². The number of aryl methyl sites for hydroxylation is 1. The van der Waals surface area contributed by atoms with E-state index in [2.05, 4.69) is 29.7 Å². The lowest BCUT2D eigenvalue weighted by atomic mass is 10.1. The summed E-state index contributed by atoms with van der Waals surface area (Å²) in [7, 11) is 1.67. The van der Waals surface area contributed by atoms with Crippen molar-refractivity contribution in [3.63, 3.8) is 0 Å². The van der Waals surface area contributed by atoms with E-state index in [0.717, 1.165) is 31.6 Å². The summed E-state index contributed by atoms with van der Waals surface area (Å²) in [6, 6.07) is 8.69. The molecule has 4 nitrogen and oxygen atoms in total. The zero-order valence-corrected chi connectivity index (χ0v) is 14.2. The van der Waals surface area contributed by atoms with Crippen LogP contribution in [0.3, 0.4) is 0 Å². The van der Waals surface area contributed by atoms with E-state index in [1.807, 2.05) is 12.1 Å². The van der Waals surface area contributed by atoms with E-state index >= 15 is 0 Å². The molecule has 0 bridgehead atoms. The minimum Gasteiger partial charge on any atom is -0.497 e. The Balaban J connectivity index is 0.00000242. The highest BCUT2D eigenvalue weighted by atomic mass is 35.5. The molecule has 1 amide bonds. The molecule has 22 heavy (non-hydrogen) atoms. The predicted molar refractivity (Wildman–Crippen MR) is 91.8 cm³/mol. The van der Waals surface area contributed by atoms with Crippen molar-refractivity contribution in [3.8, 4) is 5.75 Å². The Morgan fingerprint density at radius 3 is 2.73 bits per heavy atom. The fourth-order valence-corrected chi connectivity index (χ4v) is 2.74. The lowest BCUT2D eigenvalue weighted by Gasteiger charge is -2.16. The van der Waals surface area contributed by atoms with Crippen molar-refractivity contribution >= 4 is 18.3 Å². The van der Waals surface area contributed by atoms with Crippen molar-refractivity contribution in [1.82, 2.24) is 10.6 Å². The normalized spacial score (nSPS) is 18.4. The first-order chi connectivity index (χ1) is 10.2. The number of methoxy groups -OCH3 is 1. The van der Waals surface area contributed by atoms with E-state index in [1.165, 1.54) is 12.0 Å². The maximum absolute atomic E-state index is 11.9. The Hall–Kier alpha value is -1.26. The zero-order valence-electron chi connectivity index (χ0n) is 13.4. The average molecular weight is 327 g/mol. The highest BCUT2D eigenvalue weighted by Gasteiger charge is 2.18. The fraction of sp³-hybridized carbons (Fsp3) is 0.588. The van der Waals surface area contributed by atoms with Crippen LogP contribution in [0.1, 0.15) is 38.2 Å². The van der Waals surface area contributed by atoms with Crippen LogP contribution in [0.5, 0.6) is 5.75 Å². The molecule has 1 aliphatic heterocycles. The topological polar surface area (TPSA) is 50.4 Å². The highest BCUT2D eigenvalue weighted by molar-refractivity contribution is 5.85. The number of rotatable bonds is 7. The first-order valence-corrected chi connectivity index (χ1v) is 7.83. The molecule has 1 saturated heterocycles. The third-order valence-electron chi connectivity index (χ3n) is 4.03. The molecular weight excluding hydrogens is 300 g/mol. The molecule has 124 valence electrons. The molecule has 0 radical (unpaired) electrons. The summed E-state index contributed by atoms with van der Waals surface area (Å²) >= 11 is 0. The number of nitrogens with one attached hydrogen (secondary N) is 2. The molecule has 1 fully saturated rings. The second-order valence-corrected chi connectivity index (χ2v) is 5.85. The van der Waals surface area contributed by atoms with Crippen LogP contribution in [0.25, 0.3) is 0 Å². The lowest BCUT2D eigenvalue weighted by Crippen LogP contribution is -2.37. The largest absolute Gasteiger partial charge is 0.497 e. The summed E-state index contributed by atoms with van der Waals surface area (Å²) in [5.74, 6) is 1.04. The van der Waals surface area contributed by atoms with Crippen LogP contribution in [0.2, 0.25) is 0 Å². The molecule has 2 rings (SSSR count). The quantitative estimate of drug-likeness (QED) is 0.810. The van der Waals surface area contributed by atoms with Gasteiger partial charge in [0.25, 0.3) is 0 Å². The van der Waals surface area contributed by atoms with E-state index in [-0.39, 0.29) is 24.4 Å². The molecule has 0 aliphatic carbocycles. The summed E-state index contributed by atoms with van der Waals surface area (Å²) < 4.78 is 5.15. The van der Waals surface area contributed by atoms with Crippen LogP contribution in [-0.4, -0.2) is 31.6 Å². The van der Waals surface area contributed by atoms with Gasteiger partial charge < -0.3 is 15.4 Å². The number of hydrogen-bond donors (Lipinski definition) is 2. The molecule has 5 heteroatoms. The summed E-state index contributed by atoms with van der Waals surface area (Å²) in [6.07, 6.45) is 4.83. The Bertz CT molecular complexity index is 444.